The van der Waals surface area contributed by atoms with Gasteiger partial charge >= 0.3 is 0 Å². The Balaban J connectivity index is 1.23. The van der Waals surface area contributed by atoms with Gasteiger partial charge in [-0.25, -0.2) is 19.9 Å². The third-order valence-corrected chi connectivity index (χ3v) is 11.5. The quantitative estimate of drug-likeness (QED) is 0.158. The maximum absolute atomic E-state index is 5.53. The highest BCUT2D eigenvalue weighted by molar-refractivity contribution is 6.22. The average Bonchev–Trinajstić information content (AvgIpc) is 3.89. The first-order valence-electron chi connectivity index (χ1n) is 20.2. The Kier molecular flexibility index (Phi) is 7.74. The second-order valence-corrected chi connectivity index (χ2v) is 15.1. The molecule has 0 aliphatic rings. The third-order valence-electron chi connectivity index (χ3n) is 11.5. The van der Waals surface area contributed by atoms with Gasteiger partial charge in [-0.2, -0.15) is 0 Å². The molecule has 4 heterocycles. The van der Waals surface area contributed by atoms with Crippen LogP contribution in [0.3, 0.4) is 0 Å². The summed E-state index contributed by atoms with van der Waals surface area (Å²) >= 11 is 0. The summed E-state index contributed by atoms with van der Waals surface area (Å²) in [6.07, 6.45) is 0. The van der Waals surface area contributed by atoms with E-state index in [9.17, 15) is 0 Å². The van der Waals surface area contributed by atoms with Crippen molar-refractivity contribution in [3.05, 3.63) is 206 Å². The normalized spacial score (nSPS) is 11.7. The monoisotopic (exact) mass is 766 g/mol. The predicted molar refractivity (Wildman–Crippen MR) is 245 cm³/mol. The summed E-state index contributed by atoms with van der Waals surface area (Å²) in [5, 5.41) is 5.66. The molecule has 12 rings (SSSR count). The van der Waals surface area contributed by atoms with E-state index in [4.69, 9.17) is 19.9 Å². The fraction of sp³-hybridized carbons (Fsp3) is 0. The molecule has 0 atom stereocenters. The van der Waals surface area contributed by atoms with Gasteiger partial charge in [-0.3, -0.25) is 4.40 Å². The molecule has 280 valence electrons. The van der Waals surface area contributed by atoms with E-state index in [0.717, 1.165) is 83.2 Å². The maximum Gasteiger partial charge on any atom is 0.164 e. The van der Waals surface area contributed by atoms with Crippen molar-refractivity contribution in [3.8, 4) is 62.5 Å². The molecule has 0 saturated carbocycles. The zero-order valence-electron chi connectivity index (χ0n) is 32.3. The average molecular weight is 767 g/mol. The second-order valence-electron chi connectivity index (χ2n) is 15.1. The van der Waals surface area contributed by atoms with Crippen LogP contribution in [-0.2, 0) is 0 Å². The van der Waals surface area contributed by atoms with Crippen LogP contribution in [0, 0.1) is 0 Å². The van der Waals surface area contributed by atoms with Crippen LogP contribution in [0.15, 0.2) is 206 Å². The Morgan fingerprint density at radius 3 is 1.45 bits per heavy atom. The molecule has 0 fully saturated rings. The predicted octanol–water partition coefficient (Wildman–Crippen LogP) is 13.3. The van der Waals surface area contributed by atoms with Crippen molar-refractivity contribution in [1.29, 1.82) is 0 Å². The van der Waals surface area contributed by atoms with Crippen molar-refractivity contribution < 1.29 is 0 Å². The van der Waals surface area contributed by atoms with E-state index < -0.39 is 0 Å². The lowest BCUT2D eigenvalue weighted by molar-refractivity contribution is 1.07. The van der Waals surface area contributed by atoms with Crippen LogP contribution in [0.5, 0.6) is 0 Å². The number of para-hydroxylation sites is 2. The summed E-state index contributed by atoms with van der Waals surface area (Å²) in [7, 11) is 0. The molecule has 60 heavy (non-hydrogen) atoms. The van der Waals surface area contributed by atoms with Gasteiger partial charge in [-0.15, -0.1) is 0 Å². The Labute approximate surface area is 345 Å². The SMILES string of the molecule is c1ccc(-c2nc(-c3ccccc3)nc(-c3ccc4c(c3)c3cc5c6ccccc6n(-c6ccccc6)c5cc3n3c(-c5ccccc5)nc(-c5ccccc5)c43)n2)cc1. The van der Waals surface area contributed by atoms with Gasteiger partial charge in [-0.1, -0.05) is 170 Å². The first-order valence-corrected chi connectivity index (χ1v) is 20.2. The molecule has 0 spiro atoms. The summed E-state index contributed by atoms with van der Waals surface area (Å²) in [4.78, 5) is 20.8. The molecule has 0 aliphatic carbocycles. The number of aromatic nitrogens is 6. The van der Waals surface area contributed by atoms with Crippen LogP contribution < -0.4 is 0 Å². The van der Waals surface area contributed by atoms with E-state index in [1.54, 1.807) is 0 Å². The lowest BCUT2D eigenvalue weighted by atomic mass is 9.98. The van der Waals surface area contributed by atoms with Crippen LogP contribution in [-0.4, -0.2) is 28.9 Å². The number of imidazole rings is 1. The van der Waals surface area contributed by atoms with Crippen LogP contribution in [0.4, 0.5) is 0 Å². The maximum atomic E-state index is 5.53. The van der Waals surface area contributed by atoms with Gasteiger partial charge in [0.05, 0.1) is 27.8 Å². The van der Waals surface area contributed by atoms with Gasteiger partial charge in [0.2, 0.25) is 0 Å². The number of rotatable bonds is 6. The van der Waals surface area contributed by atoms with Gasteiger partial charge in [-0.05, 0) is 41.8 Å². The van der Waals surface area contributed by atoms with E-state index in [-0.39, 0.29) is 0 Å². The van der Waals surface area contributed by atoms with Gasteiger partial charge < -0.3 is 4.57 Å². The first kappa shape index (κ1) is 33.9. The van der Waals surface area contributed by atoms with Crippen LogP contribution in [0.1, 0.15) is 0 Å². The van der Waals surface area contributed by atoms with Crippen molar-refractivity contribution >= 4 is 49.0 Å². The summed E-state index contributed by atoms with van der Waals surface area (Å²) < 4.78 is 4.76. The fourth-order valence-electron chi connectivity index (χ4n) is 8.79. The Morgan fingerprint density at radius 2 is 0.817 bits per heavy atom. The van der Waals surface area contributed by atoms with Crippen molar-refractivity contribution in [2.24, 2.45) is 0 Å². The highest BCUT2D eigenvalue weighted by Crippen LogP contribution is 2.43. The number of fused-ring (bicyclic) bond motifs is 9. The lowest BCUT2D eigenvalue weighted by Gasteiger charge is -2.15. The minimum absolute atomic E-state index is 0.612. The van der Waals surface area contributed by atoms with E-state index in [0.29, 0.717) is 17.5 Å². The van der Waals surface area contributed by atoms with E-state index in [1.165, 1.54) is 10.8 Å². The molecule has 0 aliphatic heterocycles. The van der Waals surface area contributed by atoms with Crippen LogP contribution in [0.25, 0.3) is 111 Å². The zero-order valence-corrected chi connectivity index (χ0v) is 32.3. The largest absolute Gasteiger partial charge is 0.309 e. The van der Waals surface area contributed by atoms with Gasteiger partial charge in [0.1, 0.15) is 5.82 Å². The summed E-state index contributed by atoms with van der Waals surface area (Å²) in [6.45, 7) is 0. The smallest absolute Gasteiger partial charge is 0.164 e. The molecule has 4 aromatic heterocycles. The molecular formula is C54H34N6. The molecule has 12 aromatic rings. The fourth-order valence-corrected chi connectivity index (χ4v) is 8.79. The van der Waals surface area contributed by atoms with E-state index in [1.807, 2.05) is 60.7 Å². The summed E-state index contributed by atoms with van der Waals surface area (Å²) in [5.74, 6) is 2.76. The molecule has 8 aromatic carbocycles. The first-order chi connectivity index (χ1) is 29.8. The highest BCUT2D eigenvalue weighted by Gasteiger charge is 2.23. The number of hydrogen-bond acceptors (Lipinski definition) is 4. The Hall–Kier alpha value is -8.22. The topological polar surface area (TPSA) is 60.9 Å². The molecule has 0 N–H and O–H groups in total. The zero-order chi connectivity index (χ0) is 39.6. The number of hydrogen-bond donors (Lipinski definition) is 0. The Morgan fingerprint density at radius 1 is 0.300 bits per heavy atom. The van der Waals surface area contributed by atoms with Crippen molar-refractivity contribution in [2.45, 2.75) is 0 Å². The lowest BCUT2D eigenvalue weighted by Crippen LogP contribution is -2.00. The number of benzene rings is 8. The highest BCUT2D eigenvalue weighted by atomic mass is 15.1. The third kappa shape index (κ3) is 5.42. The number of pyridine rings is 1. The van der Waals surface area contributed by atoms with Gasteiger partial charge in [0.25, 0.3) is 0 Å². The molecule has 0 saturated heterocycles. The van der Waals surface area contributed by atoms with Crippen molar-refractivity contribution in [1.82, 2.24) is 28.9 Å². The van der Waals surface area contributed by atoms with Crippen molar-refractivity contribution in [2.75, 3.05) is 0 Å². The van der Waals surface area contributed by atoms with Crippen LogP contribution >= 0.6 is 0 Å². The minimum atomic E-state index is 0.612. The standard InChI is InChI=1S/C54H34N6/c1-6-18-35(19-7-1)49-50-42-31-30-39(53-57-51(36-20-8-2-9-21-36)56-52(58-53)37-22-10-3-11-23-37)32-43(42)45-33-44-41-28-16-17-29-46(41)59(40-26-14-5-15-27-40)47(44)34-48(45)60(50)54(55-49)38-24-12-4-13-25-38/h1-34H. The molecule has 0 bridgehead atoms. The number of nitrogens with zero attached hydrogens (tertiary/aromatic N) is 6. The van der Waals surface area contributed by atoms with E-state index >= 15 is 0 Å². The van der Waals surface area contributed by atoms with E-state index in [2.05, 4.69) is 155 Å². The Bertz CT molecular complexity index is 3500. The molecule has 6 heteroatoms. The molecule has 0 unspecified atom stereocenters. The van der Waals surface area contributed by atoms with Crippen molar-refractivity contribution in [3.63, 3.8) is 0 Å². The molecule has 0 amide bonds. The molecular weight excluding hydrogens is 733 g/mol. The van der Waals surface area contributed by atoms with Crippen LogP contribution in [0.2, 0.25) is 0 Å². The van der Waals surface area contributed by atoms with Gasteiger partial charge in [0, 0.05) is 55.0 Å². The van der Waals surface area contributed by atoms with Gasteiger partial charge in [0.15, 0.2) is 17.5 Å². The molecule has 6 nitrogen and oxygen atoms in total. The summed E-state index contributed by atoms with van der Waals surface area (Å²) in [6, 6.07) is 72.1. The summed E-state index contributed by atoms with van der Waals surface area (Å²) in [5.41, 5.74) is 11.3. The second kappa shape index (κ2) is 13.7. The minimum Gasteiger partial charge on any atom is -0.309 e. The molecule has 0 radical (unpaired) electrons.